The van der Waals surface area contributed by atoms with Crippen LogP contribution in [0.15, 0.2) is 11.1 Å². The number of allylic oxidation sites excluding steroid dienone is 1. The molecule has 0 radical (unpaired) electrons. The Morgan fingerprint density at radius 1 is 1.88 bits per heavy atom. The lowest BCUT2D eigenvalue weighted by atomic mass is 10.5. The lowest BCUT2D eigenvalue weighted by Gasteiger charge is -1.79. The van der Waals surface area contributed by atoms with E-state index < -0.39 is 11.0 Å². The fourth-order valence-corrected chi connectivity index (χ4v) is 0.167. The third-order valence-corrected chi connectivity index (χ3v) is 0.666. The van der Waals surface area contributed by atoms with Gasteiger partial charge in [0.1, 0.15) is 5.03 Å². The number of nitrogens with zero attached hydrogens (tertiary/aromatic N) is 1. The first-order valence-electron chi connectivity index (χ1n) is 1.67. The van der Waals surface area contributed by atoms with Gasteiger partial charge in [0.15, 0.2) is 0 Å². The highest BCUT2D eigenvalue weighted by molar-refractivity contribution is 6.41. The van der Waals surface area contributed by atoms with Crippen molar-refractivity contribution in [1.29, 1.82) is 5.26 Å². The molecular weight excluding hydrogens is 130 g/mol. The molecule has 0 aliphatic heterocycles. The van der Waals surface area contributed by atoms with Crippen molar-refractivity contribution in [3.05, 3.63) is 11.1 Å². The standard InChI is InChI=1S/C4H2ClNO2/c5-3(1-2-6)4(7)8/h1H,(H,7,8). The Bertz CT molecular complexity index is 167. The summed E-state index contributed by atoms with van der Waals surface area (Å²) in [6, 6.07) is 1.47. The van der Waals surface area contributed by atoms with E-state index in [1.165, 1.54) is 6.07 Å². The summed E-state index contributed by atoms with van der Waals surface area (Å²) in [6.07, 6.45) is 0.754. The van der Waals surface area contributed by atoms with E-state index in [9.17, 15) is 4.79 Å². The van der Waals surface area contributed by atoms with Crippen LogP contribution in [0.3, 0.4) is 0 Å². The van der Waals surface area contributed by atoms with Crippen molar-refractivity contribution >= 4 is 17.6 Å². The second kappa shape index (κ2) is 3.05. The molecule has 8 heavy (non-hydrogen) atoms. The summed E-state index contributed by atoms with van der Waals surface area (Å²) in [6.45, 7) is 0. The first-order chi connectivity index (χ1) is 3.68. The van der Waals surface area contributed by atoms with Gasteiger partial charge in [-0.3, -0.25) is 0 Å². The van der Waals surface area contributed by atoms with Crippen LogP contribution in [0.25, 0.3) is 0 Å². The highest BCUT2D eigenvalue weighted by atomic mass is 35.5. The van der Waals surface area contributed by atoms with Gasteiger partial charge in [0.25, 0.3) is 0 Å². The van der Waals surface area contributed by atoms with Crippen molar-refractivity contribution in [2.45, 2.75) is 0 Å². The van der Waals surface area contributed by atoms with Gasteiger partial charge in [-0.25, -0.2) is 4.79 Å². The maximum atomic E-state index is 9.74. The molecule has 0 aromatic carbocycles. The molecule has 0 aromatic heterocycles. The monoisotopic (exact) mass is 131 g/mol. The molecule has 0 rings (SSSR count). The van der Waals surface area contributed by atoms with Crippen LogP contribution in [-0.2, 0) is 4.79 Å². The number of nitriles is 1. The fourth-order valence-electron chi connectivity index (χ4n) is 0.118. The molecule has 3 nitrogen and oxygen atoms in total. The second-order valence-electron chi connectivity index (χ2n) is 0.927. The van der Waals surface area contributed by atoms with E-state index in [2.05, 4.69) is 0 Å². The molecule has 0 heterocycles. The smallest absolute Gasteiger partial charge is 0.348 e. The molecule has 0 amide bonds. The Hall–Kier alpha value is -1.01. The maximum Gasteiger partial charge on any atom is 0.348 e. The number of carboxylic acid groups (broad SMARTS) is 1. The van der Waals surface area contributed by atoms with Crippen molar-refractivity contribution in [1.82, 2.24) is 0 Å². The summed E-state index contributed by atoms with van der Waals surface area (Å²) in [7, 11) is 0. The lowest BCUT2D eigenvalue weighted by Crippen LogP contribution is -1.91. The van der Waals surface area contributed by atoms with E-state index in [0.717, 1.165) is 6.08 Å². The first-order valence-corrected chi connectivity index (χ1v) is 2.05. The van der Waals surface area contributed by atoms with Gasteiger partial charge in [-0.2, -0.15) is 5.26 Å². The predicted molar refractivity (Wildman–Crippen MR) is 27.2 cm³/mol. The molecule has 0 fully saturated rings. The van der Waals surface area contributed by atoms with Gasteiger partial charge in [0.2, 0.25) is 0 Å². The largest absolute Gasteiger partial charge is 0.477 e. The van der Waals surface area contributed by atoms with E-state index in [-0.39, 0.29) is 0 Å². The quantitative estimate of drug-likeness (QED) is 0.421. The number of carbonyl (C=O) groups is 1. The van der Waals surface area contributed by atoms with Crippen LogP contribution < -0.4 is 0 Å². The van der Waals surface area contributed by atoms with Crippen molar-refractivity contribution in [3.8, 4) is 6.07 Å². The van der Waals surface area contributed by atoms with Gasteiger partial charge < -0.3 is 5.11 Å². The van der Waals surface area contributed by atoms with Gasteiger partial charge in [-0.15, -0.1) is 0 Å². The molecule has 0 aromatic rings. The van der Waals surface area contributed by atoms with Gasteiger partial charge >= 0.3 is 5.97 Å². The van der Waals surface area contributed by atoms with Crippen LogP contribution in [-0.4, -0.2) is 11.1 Å². The highest BCUT2D eigenvalue weighted by Gasteiger charge is 1.99. The molecule has 4 heteroatoms. The molecule has 0 bridgehead atoms. The van der Waals surface area contributed by atoms with E-state index >= 15 is 0 Å². The molecule has 0 saturated carbocycles. The number of aliphatic carboxylic acids is 1. The van der Waals surface area contributed by atoms with Crippen molar-refractivity contribution in [2.75, 3.05) is 0 Å². The van der Waals surface area contributed by atoms with Gasteiger partial charge in [0, 0.05) is 6.08 Å². The minimum atomic E-state index is -1.28. The summed E-state index contributed by atoms with van der Waals surface area (Å²) >= 11 is 4.95. The molecule has 0 unspecified atom stereocenters. The summed E-state index contributed by atoms with van der Waals surface area (Å²) < 4.78 is 0. The molecule has 1 N–H and O–H groups in total. The van der Waals surface area contributed by atoms with Crippen LogP contribution in [0.4, 0.5) is 0 Å². The molecule has 0 atom stereocenters. The van der Waals surface area contributed by atoms with Crippen LogP contribution in [0.5, 0.6) is 0 Å². The number of hydrogen-bond donors (Lipinski definition) is 1. The van der Waals surface area contributed by atoms with Crippen LogP contribution in [0.2, 0.25) is 0 Å². The summed E-state index contributed by atoms with van der Waals surface area (Å²) in [5.74, 6) is -1.28. The zero-order valence-electron chi connectivity index (χ0n) is 3.76. The van der Waals surface area contributed by atoms with Crippen LogP contribution in [0, 0.1) is 11.3 Å². The van der Waals surface area contributed by atoms with E-state index in [4.69, 9.17) is 22.0 Å². The van der Waals surface area contributed by atoms with Gasteiger partial charge in [-0.05, 0) is 0 Å². The molecule has 0 aliphatic carbocycles. The molecule has 0 spiro atoms. The number of halogens is 1. The fraction of sp³-hybridized carbons (Fsp3) is 0. The van der Waals surface area contributed by atoms with Crippen molar-refractivity contribution in [2.24, 2.45) is 0 Å². The van der Waals surface area contributed by atoms with Crippen molar-refractivity contribution in [3.63, 3.8) is 0 Å². The summed E-state index contributed by atoms with van der Waals surface area (Å²) in [4.78, 5) is 9.74. The lowest BCUT2D eigenvalue weighted by molar-refractivity contribution is -0.131. The van der Waals surface area contributed by atoms with Gasteiger partial charge in [-0.1, -0.05) is 11.6 Å². The van der Waals surface area contributed by atoms with E-state index in [1.54, 1.807) is 0 Å². The Balaban J connectivity index is 4.06. The predicted octanol–water partition coefficient (Wildman–Crippen LogP) is 0.717. The van der Waals surface area contributed by atoms with Gasteiger partial charge in [0.05, 0.1) is 6.07 Å². The zero-order chi connectivity index (χ0) is 6.57. The molecule has 0 aliphatic rings. The minimum Gasteiger partial charge on any atom is -0.477 e. The summed E-state index contributed by atoms with van der Waals surface area (Å²) in [5, 5.41) is 15.3. The SMILES string of the molecule is N#CC=C(Cl)C(=O)O. The highest BCUT2D eigenvalue weighted by Crippen LogP contribution is 1.97. The van der Waals surface area contributed by atoms with Crippen LogP contribution >= 0.6 is 11.6 Å². The summed E-state index contributed by atoms with van der Waals surface area (Å²) in [5.41, 5.74) is 0. The average Bonchev–Trinajstić information content (AvgIpc) is 1.67. The van der Waals surface area contributed by atoms with E-state index in [0.29, 0.717) is 0 Å². The normalized spacial score (nSPS) is 10.2. The molecular formula is C4H2ClNO2. The van der Waals surface area contributed by atoms with Crippen LogP contribution in [0.1, 0.15) is 0 Å². The Kier molecular flexibility index (Phi) is 2.67. The zero-order valence-corrected chi connectivity index (χ0v) is 4.51. The minimum absolute atomic E-state index is 0.465. The molecule has 42 valence electrons. The Morgan fingerprint density at radius 3 is 2.50 bits per heavy atom. The number of rotatable bonds is 1. The third-order valence-electron chi connectivity index (χ3n) is 0.396. The third kappa shape index (κ3) is 2.21. The van der Waals surface area contributed by atoms with E-state index in [1.807, 2.05) is 0 Å². The topological polar surface area (TPSA) is 61.1 Å². The number of carboxylic acids is 1. The van der Waals surface area contributed by atoms with Crippen molar-refractivity contribution < 1.29 is 9.90 Å². The first kappa shape index (κ1) is 6.99. The molecule has 0 saturated heterocycles. The second-order valence-corrected chi connectivity index (χ2v) is 1.33. The average molecular weight is 132 g/mol. The Morgan fingerprint density at radius 2 is 2.38 bits per heavy atom. The maximum absolute atomic E-state index is 9.74. The number of hydrogen-bond acceptors (Lipinski definition) is 2. The Labute approximate surface area is 50.8 Å².